The fraction of sp³-hybridized carbons (Fsp3) is 0.167. The summed E-state index contributed by atoms with van der Waals surface area (Å²) in [5.41, 5.74) is 0.849. The summed E-state index contributed by atoms with van der Waals surface area (Å²) in [6.07, 6.45) is -0.132. The monoisotopic (exact) mass is 345 g/mol. The molecule has 2 N–H and O–H groups in total. The Morgan fingerprint density at radius 2 is 1.83 bits per heavy atom. The molecule has 1 atom stereocenters. The number of benzene rings is 2. The van der Waals surface area contributed by atoms with Gasteiger partial charge < -0.3 is 10.4 Å². The van der Waals surface area contributed by atoms with Gasteiger partial charge in [0, 0.05) is 16.6 Å². The van der Waals surface area contributed by atoms with Gasteiger partial charge in [-0.05, 0) is 18.1 Å². The first kappa shape index (κ1) is 16.0. The average molecular weight is 346 g/mol. The summed E-state index contributed by atoms with van der Waals surface area (Å²) < 4.78 is 0.993. The van der Waals surface area contributed by atoms with Crippen LogP contribution in [0.15, 0.2) is 54.6 Å². The van der Waals surface area contributed by atoms with Gasteiger partial charge in [0.15, 0.2) is 0 Å². The van der Waals surface area contributed by atoms with Crippen LogP contribution >= 0.6 is 22.9 Å². The molecule has 3 rings (SSSR count). The van der Waals surface area contributed by atoms with Crippen molar-refractivity contribution in [3.8, 4) is 0 Å². The minimum Gasteiger partial charge on any atom is -0.388 e. The maximum Gasteiger partial charge on any atom is 0.262 e. The Labute approximate surface area is 143 Å². The zero-order valence-electron chi connectivity index (χ0n) is 12.3. The van der Waals surface area contributed by atoms with Gasteiger partial charge in [0.25, 0.3) is 5.91 Å². The Balaban J connectivity index is 1.62. The Kier molecular flexibility index (Phi) is 4.96. The van der Waals surface area contributed by atoms with Crippen molar-refractivity contribution in [2.45, 2.75) is 12.5 Å². The largest absolute Gasteiger partial charge is 0.388 e. The first-order chi connectivity index (χ1) is 11.2. The van der Waals surface area contributed by atoms with Crippen molar-refractivity contribution in [1.82, 2.24) is 5.32 Å². The van der Waals surface area contributed by atoms with Crippen molar-refractivity contribution >= 4 is 38.9 Å². The SMILES string of the molecule is O=C(NCC[C@@H](O)c1ccccc1)c1sc2ccccc2c1Cl. The number of hydrogen-bond acceptors (Lipinski definition) is 3. The highest BCUT2D eigenvalue weighted by molar-refractivity contribution is 7.21. The highest BCUT2D eigenvalue weighted by atomic mass is 35.5. The Bertz CT molecular complexity index is 816. The second-order valence-corrected chi connectivity index (χ2v) is 6.64. The van der Waals surface area contributed by atoms with E-state index >= 15 is 0 Å². The van der Waals surface area contributed by atoms with Gasteiger partial charge >= 0.3 is 0 Å². The number of thiophene rings is 1. The quantitative estimate of drug-likeness (QED) is 0.719. The van der Waals surface area contributed by atoms with Crippen molar-refractivity contribution < 1.29 is 9.90 Å². The van der Waals surface area contributed by atoms with E-state index in [2.05, 4.69) is 5.32 Å². The van der Waals surface area contributed by atoms with Gasteiger partial charge in [0.2, 0.25) is 0 Å². The highest BCUT2D eigenvalue weighted by Crippen LogP contribution is 2.34. The molecule has 0 aliphatic carbocycles. The van der Waals surface area contributed by atoms with Crippen molar-refractivity contribution in [2.24, 2.45) is 0 Å². The third-order valence-electron chi connectivity index (χ3n) is 3.63. The lowest BCUT2D eigenvalue weighted by molar-refractivity contribution is 0.0947. The van der Waals surface area contributed by atoms with Gasteiger partial charge in [0.05, 0.1) is 11.1 Å². The molecule has 0 fully saturated rings. The molecule has 1 heterocycles. The number of aliphatic hydroxyl groups is 1. The smallest absolute Gasteiger partial charge is 0.262 e. The van der Waals surface area contributed by atoms with E-state index in [0.717, 1.165) is 15.6 Å². The van der Waals surface area contributed by atoms with E-state index in [9.17, 15) is 9.90 Å². The first-order valence-corrected chi connectivity index (χ1v) is 8.54. The van der Waals surface area contributed by atoms with Gasteiger partial charge in [-0.2, -0.15) is 0 Å². The van der Waals surface area contributed by atoms with Crippen LogP contribution in [0.5, 0.6) is 0 Å². The third kappa shape index (κ3) is 3.55. The van der Waals surface area contributed by atoms with Gasteiger partial charge in [-0.3, -0.25) is 4.79 Å². The van der Waals surface area contributed by atoms with Crippen molar-refractivity contribution in [1.29, 1.82) is 0 Å². The second-order valence-electron chi connectivity index (χ2n) is 5.21. The molecule has 5 heteroatoms. The number of amides is 1. The Hall–Kier alpha value is -1.88. The van der Waals surface area contributed by atoms with Crippen LogP contribution in [-0.4, -0.2) is 17.6 Å². The van der Waals surface area contributed by atoms with Crippen LogP contribution < -0.4 is 5.32 Å². The number of fused-ring (bicyclic) bond motifs is 1. The number of rotatable bonds is 5. The molecule has 0 radical (unpaired) electrons. The number of carbonyl (C=O) groups is 1. The molecule has 0 aliphatic rings. The molecule has 0 aliphatic heterocycles. The van der Waals surface area contributed by atoms with Crippen LogP contribution in [0.2, 0.25) is 5.02 Å². The van der Waals surface area contributed by atoms with E-state index < -0.39 is 6.10 Å². The number of nitrogens with one attached hydrogen (secondary N) is 1. The lowest BCUT2D eigenvalue weighted by Gasteiger charge is -2.11. The zero-order valence-corrected chi connectivity index (χ0v) is 13.9. The van der Waals surface area contributed by atoms with E-state index in [0.29, 0.717) is 22.9 Å². The number of aliphatic hydroxyl groups excluding tert-OH is 1. The number of halogens is 1. The van der Waals surface area contributed by atoms with Gasteiger partial charge in [-0.25, -0.2) is 0 Å². The van der Waals surface area contributed by atoms with E-state index in [-0.39, 0.29) is 5.91 Å². The standard InChI is InChI=1S/C18H16ClNO2S/c19-16-13-8-4-5-9-15(13)23-17(16)18(22)20-11-10-14(21)12-6-2-1-3-7-12/h1-9,14,21H,10-11H2,(H,20,22)/t14-/m1/s1. The summed E-state index contributed by atoms with van der Waals surface area (Å²) >= 11 is 7.67. The summed E-state index contributed by atoms with van der Waals surface area (Å²) in [7, 11) is 0. The summed E-state index contributed by atoms with van der Waals surface area (Å²) in [5, 5.41) is 14.3. The second kappa shape index (κ2) is 7.13. The molecule has 0 unspecified atom stereocenters. The van der Waals surface area contributed by atoms with Crippen molar-refractivity contribution in [3.05, 3.63) is 70.1 Å². The maximum absolute atomic E-state index is 12.3. The molecule has 0 saturated heterocycles. The minimum absolute atomic E-state index is 0.198. The lowest BCUT2D eigenvalue weighted by atomic mass is 10.1. The van der Waals surface area contributed by atoms with E-state index in [1.54, 1.807) is 0 Å². The van der Waals surface area contributed by atoms with Crippen LogP contribution in [0.3, 0.4) is 0 Å². The van der Waals surface area contributed by atoms with Crippen LogP contribution in [0.1, 0.15) is 27.8 Å². The van der Waals surface area contributed by atoms with Crippen LogP contribution in [0, 0.1) is 0 Å². The zero-order chi connectivity index (χ0) is 16.2. The maximum atomic E-state index is 12.3. The summed E-state index contributed by atoms with van der Waals surface area (Å²) in [6, 6.07) is 17.1. The normalized spacial score (nSPS) is 12.3. The molecule has 0 spiro atoms. The van der Waals surface area contributed by atoms with Gasteiger partial charge in [-0.15, -0.1) is 11.3 Å². The van der Waals surface area contributed by atoms with E-state index in [1.165, 1.54) is 11.3 Å². The molecule has 2 aromatic carbocycles. The first-order valence-electron chi connectivity index (χ1n) is 7.35. The molecule has 118 valence electrons. The van der Waals surface area contributed by atoms with Gasteiger partial charge in [0.1, 0.15) is 4.88 Å². The molecule has 0 bridgehead atoms. The average Bonchev–Trinajstić information content (AvgIpc) is 2.93. The molecule has 0 saturated carbocycles. The van der Waals surface area contributed by atoms with Crippen molar-refractivity contribution in [2.75, 3.05) is 6.54 Å². The molecule has 1 aromatic heterocycles. The topological polar surface area (TPSA) is 49.3 Å². The summed E-state index contributed by atoms with van der Waals surface area (Å²) in [5.74, 6) is -0.198. The lowest BCUT2D eigenvalue weighted by Crippen LogP contribution is -2.25. The predicted molar refractivity (Wildman–Crippen MR) is 95.2 cm³/mol. The fourth-order valence-electron chi connectivity index (χ4n) is 2.40. The molecular weight excluding hydrogens is 330 g/mol. The Morgan fingerprint density at radius 3 is 2.57 bits per heavy atom. The molecule has 23 heavy (non-hydrogen) atoms. The third-order valence-corrected chi connectivity index (χ3v) is 5.30. The highest BCUT2D eigenvalue weighted by Gasteiger charge is 2.17. The van der Waals surface area contributed by atoms with Gasteiger partial charge in [-0.1, -0.05) is 60.1 Å². The number of hydrogen-bond donors (Lipinski definition) is 2. The molecule has 1 amide bonds. The fourth-order valence-corrected chi connectivity index (χ4v) is 3.84. The predicted octanol–water partition coefficient (Wildman–Crippen LogP) is 4.41. The van der Waals surface area contributed by atoms with E-state index in [4.69, 9.17) is 11.6 Å². The van der Waals surface area contributed by atoms with Crippen LogP contribution in [-0.2, 0) is 0 Å². The van der Waals surface area contributed by atoms with Crippen LogP contribution in [0.25, 0.3) is 10.1 Å². The summed E-state index contributed by atoms with van der Waals surface area (Å²) in [4.78, 5) is 12.8. The number of carbonyl (C=O) groups excluding carboxylic acids is 1. The van der Waals surface area contributed by atoms with Crippen LogP contribution in [0.4, 0.5) is 0 Å². The van der Waals surface area contributed by atoms with Crippen molar-refractivity contribution in [3.63, 3.8) is 0 Å². The molecular formula is C18H16ClNO2S. The molecule has 3 nitrogen and oxygen atoms in total. The van der Waals surface area contributed by atoms with E-state index in [1.807, 2.05) is 54.6 Å². The Morgan fingerprint density at radius 1 is 1.13 bits per heavy atom. The molecule has 3 aromatic rings. The summed E-state index contributed by atoms with van der Waals surface area (Å²) in [6.45, 7) is 0.388. The minimum atomic E-state index is -0.589.